The molecule has 1 aromatic heterocycles. The van der Waals surface area contributed by atoms with Crippen LogP contribution in [0.4, 0.5) is 5.69 Å². The predicted molar refractivity (Wildman–Crippen MR) is 70.7 cm³/mol. The van der Waals surface area contributed by atoms with Crippen LogP contribution in [0, 0.1) is 0 Å². The molecule has 1 heterocycles. The summed E-state index contributed by atoms with van der Waals surface area (Å²) in [5, 5.41) is 3.96. The van der Waals surface area contributed by atoms with Crippen LogP contribution in [-0.4, -0.2) is 4.98 Å². The molecule has 0 aliphatic heterocycles. The van der Waals surface area contributed by atoms with Gasteiger partial charge in [-0.1, -0.05) is 17.7 Å². The number of nitrogens with one attached hydrogen (secondary N) is 1. The Morgan fingerprint density at radius 2 is 2.12 bits per heavy atom. The second-order valence-corrected chi connectivity index (χ2v) is 4.57. The third kappa shape index (κ3) is 2.97. The van der Waals surface area contributed by atoms with E-state index in [0.29, 0.717) is 11.6 Å². The van der Waals surface area contributed by atoms with Crippen molar-refractivity contribution in [3.63, 3.8) is 0 Å². The first kappa shape index (κ1) is 11.4. The fourth-order valence-corrected chi connectivity index (χ4v) is 1.73. The van der Waals surface area contributed by atoms with Crippen LogP contribution >= 0.6 is 27.5 Å². The zero-order valence-corrected chi connectivity index (χ0v) is 10.8. The summed E-state index contributed by atoms with van der Waals surface area (Å²) in [5.41, 5.74) is 1.99. The first-order chi connectivity index (χ1) is 7.75. The minimum Gasteiger partial charge on any atom is -0.379 e. The smallest absolute Gasteiger partial charge is 0.0594 e. The van der Waals surface area contributed by atoms with Crippen LogP contribution in [0.5, 0.6) is 0 Å². The number of halogens is 2. The van der Waals surface area contributed by atoms with Crippen LogP contribution in [0.15, 0.2) is 47.1 Å². The summed E-state index contributed by atoms with van der Waals surface area (Å²) in [6, 6.07) is 11.6. The summed E-state index contributed by atoms with van der Waals surface area (Å²) < 4.78 is 0.901. The van der Waals surface area contributed by atoms with Gasteiger partial charge in [0, 0.05) is 16.4 Å². The highest BCUT2D eigenvalue weighted by Crippen LogP contribution is 2.25. The number of benzene rings is 1. The zero-order chi connectivity index (χ0) is 11.4. The molecule has 0 unspecified atom stereocenters. The summed E-state index contributed by atoms with van der Waals surface area (Å²) in [6.07, 6.45) is 1.78. The van der Waals surface area contributed by atoms with Crippen LogP contribution < -0.4 is 5.32 Å². The highest BCUT2D eigenvalue weighted by atomic mass is 79.9. The van der Waals surface area contributed by atoms with Crippen LogP contribution in [0.3, 0.4) is 0 Å². The molecule has 0 aliphatic carbocycles. The van der Waals surface area contributed by atoms with Crippen LogP contribution in [0.2, 0.25) is 5.02 Å². The molecule has 0 spiro atoms. The van der Waals surface area contributed by atoms with E-state index < -0.39 is 0 Å². The Morgan fingerprint density at radius 1 is 1.25 bits per heavy atom. The molecule has 4 heteroatoms. The largest absolute Gasteiger partial charge is 0.379 e. The number of aromatic nitrogens is 1. The topological polar surface area (TPSA) is 24.9 Å². The van der Waals surface area contributed by atoms with Crippen molar-refractivity contribution in [1.82, 2.24) is 4.98 Å². The van der Waals surface area contributed by atoms with Crippen molar-refractivity contribution in [3.05, 3.63) is 57.8 Å². The Labute approximate surface area is 108 Å². The maximum Gasteiger partial charge on any atom is 0.0594 e. The SMILES string of the molecule is Clc1cc(NCc2ccccn2)ccc1Br. The van der Waals surface area contributed by atoms with Gasteiger partial charge in [0.1, 0.15) is 0 Å². The predicted octanol–water partition coefficient (Wildman–Crippen LogP) is 4.11. The Balaban J connectivity index is 2.03. The molecule has 1 aromatic carbocycles. The van der Waals surface area contributed by atoms with Gasteiger partial charge in [0.05, 0.1) is 17.3 Å². The molecule has 0 bridgehead atoms. The first-order valence-corrected chi connectivity index (χ1v) is 6.01. The third-order valence-corrected chi connectivity index (χ3v) is 3.35. The molecule has 2 aromatic rings. The molecule has 0 aliphatic rings. The van der Waals surface area contributed by atoms with Gasteiger partial charge in [-0.2, -0.15) is 0 Å². The Morgan fingerprint density at radius 3 is 2.81 bits per heavy atom. The molecular formula is C12H10BrClN2. The van der Waals surface area contributed by atoms with Crippen LogP contribution in [0.1, 0.15) is 5.69 Å². The highest BCUT2D eigenvalue weighted by Gasteiger charge is 1.99. The molecule has 0 amide bonds. The number of anilines is 1. The number of hydrogen-bond acceptors (Lipinski definition) is 2. The van der Waals surface area contributed by atoms with Gasteiger partial charge >= 0.3 is 0 Å². The van der Waals surface area contributed by atoms with E-state index >= 15 is 0 Å². The standard InChI is InChI=1S/C12H10BrClN2/c13-11-5-4-9(7-12(11)14)16-8-10-3-1-2-6-15-10/h1-7,16H,8H2. The van der Waals surface area contributed by atoms with E-state index in [1.165, 1.54) is 0 Å². The lowest BCUT2D eigenvalue weighted by Crippen LogP contribution is -2.00. The maximum absolute atomic E-state index is 5.99. The zero-order valence-electron chi connectivity index (χ0n) is 8.45. The van der Waals surface area contributed by atoms with Gasteiger partial charge < -0.3 is 5.32 Å². The quantitative estimate of drug-likeness (QED) is 0.922. The monoisotopic (exact) mass is 296 g/mol. The van der Waals surface area contributed by atoms with E-state index in [-0.39, 0.29) is 0 Å². The second kappa shape index (κ2) is 5.32. The Hall–Kier alpha value is -1.06. The summed E-state index contributed by atoms with van der Waals surface area (Å²) in [5.74, 6) is 0. The van der Waals surface area contributed by atoms with Gasteiger partial charge in [-0.25, -0.2) is 0 Å². The lowest BCUT2D eigenvalue weighted by atomic mass is 10.3. The van der Waals surface area contributed by atoms with Crippen LogP contribution in [0.25, 0.3) is 0 Å². The van der Waals surface area contributed by atoms with E-state index in [4.69, 9.17) is 11.6 Å². The Kier molecular flexibility index (Phi) is 3.80. The first-order valence-electron chi connectivity index (χ1n) is 4.84. The average Bonchev–Trinajstić information content (AvgIpc) is 2.32. The molecule has 0 fully saturated rings. The van der Waals surface area contributed by atoms with Crippen molar-refractivity contribution in [1.29, 1.82) is 0 Å². The molecule has 2 rings (SSSR count). The number of nitrogens with zero attached hydrogens (tertiary/aromatic N) is 1. The molecule has 0 saturated heterocycles. The van der Waals surface area contributed by atoms with Gasteiger partial charge in [-0.15, -0.1) is 0 Å². The van der Waals surface area contributed by atoms with E-state index in [1.807, 2.05) is 36.4 Å². The summed E-state index contributed by atoms with van der Waals surface area (Å²) in [7, 11) is 0. The fourth-order valence-electron chi connectivity index (χ4n) is 1.30. The van der Waals surface area contributed by atoms with Crippen molar-refractivity contribution < 1.29 is 0 Å². The lowest BCUT2D eigenvalue weighted by Gasteiger charge is -2.06. The van der Waals surface area contributed by atoms with Crippen molar-refractivity contribution in [3.8, 4) is 0 Å². The molecule has 2 nitrogen and oxygen atoms in total. The molecule has 0 radical (unpaired) electrons. The van der Waals surface area contributed by atoms with Crippen LogP contribution in [-0.2, 0) is 6.54 Å². The molecule has 16 heavy (non-hydrogen) atoms. The fraction of sp³-hybridized carbons (Fsp3) is 0.0833. The summed E-state index contributed by atoms with van der Waals surface area (Å²) >= 11 is 9.35. The maximum atomic E-state index is 5.99. The van der Waals surface area contributed by atoms with Crippen molar-refractivity contribution in [2.24, 2.45) is 0 Å². The number of rotatable bonds is 3. The Bertz CT molecular complexity index is 474. The number of hydrogen-bond donors (Lipinski definition) is 1. The minimum atomic E-state index is 0.693. The van der Waals surface area contributed by atoms with E-state index in [2.05, 4.69) is 26.2 Å². The van der Waals surface area contributed by atoms with E-state index in [0.717, 1.165) is 15.9 Å². The minimum absolute atomic E-state index is 0.693. The summed E-state index contributed by atoms with van der Waals surface area (Å²) in [4.78, 5) is 4.23. The third-order valence-electron chi connectivity index (χ3n) is 2.12. The van der Waals surface area contributed by atoms with Crippen molar-refractivity contribution in [2.75, 3.05) is 5.32 Å². The number of pyridine rings is 1. The van der Waals surface area contributed by atoms with Gasteiger partial charge in [0.15, 0.2) is 0 Å². The highest BCUT2D eigenvalue weighted by molar-refractivity contribution is 9.10. The van der Waals surface area contributed by atoms with Crippen molar-refractivity contribution in [2.45, 2.75) is 6.54 Å². The van der Waals surface area contributed by atoms with E-state index in [9.17, 15) is 0 Å². The normalized spacial score (nSPS) is 10.1. The molecule has 0 atom stereocenters. The molecular weight excluding hydrogens is 288 g/mol. The van der Waals surface area contributed by atoms with Gasteiger partial charge in [-0.05, 0) is 46.3 Å². The van der Waals surface area contributed by atoms with Crippen molar-refractivity contribution >= 4 is 33.2 Å². The van der Waals surface area contributed by atoms with Gasteiger partial charge in [0.2, 0.25) is 0 Å². The van der Waals surface area contributed by atoms with Gasteiger partial charge in [-0.3, -0.25) is 4.98 Å². The molecule has 1 N–H and O–H groups in total. The second-order valence-electron chi connectivity index (χ2n) is 3.30. The molecule has 0 saturated carbocycles. The van der Waals surface area contributed by atoms with Gasteiger partial charge in [0.25, 0.3) is 0 Å². The average molecular weight is 298 g/mol. The molecule has 82 valence electrons. The lowest BCUT2D eigenvalue weighted by molar-refractivity contribution is 1.05. The summed E-state index contributed by atoms with van der Waals surface area (Å²) in [6.45, 7) is 0.693. The van der Waals surface area contributed by atoms with E-state index in [1.54, 1.807) is 6.20 Å².